The molecule has 0 aliphatic carbocycles. The molecule has 0 radical (unpaired) electrons. The molecule has 0 fully saturated rings. The number of hydrogen-bond acceptors (Lipinski definition) is 5. The summed E-state index contributed by atoms with van der Waals surface area (Å²) in [4.78, 5) is 26.2. The van der Waals surface area contributed by atoms with Gasteiger partial charge in [0.15, 0.2) is 0 Å². The third-order valence-corrected chi connectivity index (χ3v) is 12.3. The van der Waals surface area contributed by atoms with Crippen LogP contribution in [0.3, 0.4) is 0 Å². The van der Waals surface area contributed by atoms with Gasteiger partial charge in [-0.1, -0.05) is 241 Å². The fourth-order valence-electron chi connectivity index (χ4n) is 8.14. The van der Waals surface area contributed by atoms with E-state index in [0.29, 0.717) is 19.3 Å². The number of unbranched alkanes of at least 4 members (excludes halogenated alkanes) is 27. The van der Waals surface area contributed by atoms with Crippen molar-refractivity contribution in [1.29, 1.82) is 0 Å². The van der Waals surface area contributed by atoms with E-state index in [2.05, 4.69) is 99.0 Å². The molecule has 3 atom stereocenters. The first-order valence-electron chi connectivity index (χ1n) is 27.7. The maximum absolute atomic E-state index is 13.2. The summed E-state index contributed by atoms with van der Waals surface area (Å²) >= 11 is 0. The van der Waals surface area contributed by atoms with Crippen LogP contribution >= 0.6 is 0 Å². The van der Waals surface area contributed by atoms with E-state index < -0.39 is 18.2 Å². The summed E-state index contributed by atoms with van der Waals surface area (Å²) in [5, 5.41) is 23.8. The zero-order valence-corrected chi connectivity index (χ0v) is 42.9. The van der Waals surface area contributed by atoms with Crippen LogP contribution in [-0.2, 0) is 14.3 Å². The molecule has 0 spiro atoms. The molecule has 0 bridgehead atoms. The van der Waals surface area contributed by atoms with Gasteiger partial charge in [-0.3, -0.25) is 9.59 Å². The summed E-state index contributed by atoms with van der Waals surface area (Å²) in [5.41, 5.74) is 0. The van der Waals surface area contributed by atoms with E-state index in [1.807, 2.05) is 0 Å². The van der Waals surface area contributed by atoms with Crippen molar-refractivity contribution in [1.82, 2.24) is 5.32 Å². The van der Waals surface area contributed by atoms with Crippen molar-refractivity contribution >= 4 is 11.9 Å². The second kappa shape index (κ2) is 52.3. The monoisotopic (exact) mass is 908 g/mol. The number of rotatable bonds is 49. The Morgan fingerprint density at radius 1 is 0.477 bits per heavy atom. The molecule has 65 heavy (non-hydrogen) atoms. The maximum Gasteiger partial charge on any atom is 0.306 e. The molecule has 0 aromatic rings. The normalized spacial score (nSPS) is 13.7. The van der Waals surface area contributed by atoms with Gasteiger partial charge in [-0.2, -0.15) is 0 Å². The van der Waals surface area contributed by atoms with Crippen LogP contribution in [0.5, 0.6) is 0 Å². The number of carbonyl (C=O) groups excluding carboxylic acids is 2. The fraction of sp³-hybridized carbons (Fsp3) is 0.763. The molecule has 1 amide bonds. The van der Waals surface area contributed by atoms with Gasteiger partial charge in [0, 0.05) is 6.42 Å². The lowest BCUT2D eigenvalue weighted by Gasteiger charge is -2.24. The van der Waals surface area contributed by atoms with Gasteiger partial charge in [0.1, 0.15) is 6.10 Å². The molecule has 376 valence electrons. The molecule has 0 heterocycles. The number of aliphatic hydroxyl groups excluding tert-OH is 2. The van der Waals surface area contributed by atoms with E-state index in [4.69, 9.17) is 4.74 Å². The number of amides is 1. The Hall–Kier alpha value is -2.70. The van der Waals surface area contributed by atoms with Crippen molar-refractivity contribution < 1.29 is 24.5 Å². The van der Waals surface area contributed by atoms with E-state index in [-0.39, 0.29) is 24.9 Å². The summed E-state index contributed by atoms with van der Waals surface area (Å²) in [6.07, 6.45) is 66.8. The van der Waals surface area contributed by atoms with E-state index in [0.717, 1.165) is 83.5 Å². The number of carbonyl (C=O) groups is 2. The van der Waals surface area contributed by atoms with Crippen LogP contribution in [0.15, 0.2) is 72.9 Å². The summed E-state index contributed by atoms with van der Waals surface area (Å²) in [6, 6.07) is -0.720. The minimum atomic E-state index is -0.803. The SMILES string of the molecule is CC/C=C/C=C/C=C/CCCCCCCCCC(=O)OC(CCCC/C=C\C/C=C\C/C=C\CCCCC)CC(=O)NC(CO)C(O)CCCCCCCCCCCCCCCCCC. The van der Waals surface area contributed by atoms with Gasteiger partial charge in [-0.05, 0) is 83.5 Å². The highest BCUT2D eigenvalue weighted by Gasteiger charge is 2.24. The molecule has 0 saturated carbocycles. The molecular formula is C59H105NO5. The number of aliphatic hydroxyl groups is 2. The Morgan fingerprint density at radius 2 is 0.892 bits per heavy atom. The van der Waals surface area contributed by atoms with E-state index in [1.165, 1.54) is 135 Å². The van der Waals surface area contributed by atoms with Crippen molar-refractivity contribution in [2.45, 2.75) is 283 Å². The van der Waals surface area contributed by atoms with Gasteiger partial charge in [-0.25, -0.2) is 0 Å². The van der Waals surface area contributed by atoms with Crippen molar-refractivity contribution in [2.24, 2.45) is 0 Å². The second-order valence-corrected chi connectivity index (χ2v) is 18.7. The summed E-state index contributed by atoms with van der Waals surface area (Å²) in [5.74, 6) is -0.523. The fourth-order valence-corrected chi connectivity index (χ4v) is 8.14. The van der Waals surface area contributed by atoms with Crippen LogP contribution in [0.1, 0.15) is 265 Å². The van der Waals surface area contributed by atoms with E-state index in [9.17, 15) is 19.8 Å². The third kappa shape index (κ3) is 47.6. The Balaban J connectivity index is 4.63. The molecule has 3 unspecified atom stereocenters. The van der Waals surface area contributed by atoms with Gasteiger partial charge >= 0.3 is 5.97 Å². The number of allylic oxidation sites excluding steroid dienone is 12. The lowest BCUT2D eigenvalue weighted by molar-refractivity contribution is -0.151. The second-order valence-electron chi connectivity index (χ2n) is 18.7. The number of ether oxygens (including phenoxy) is 1. The highest BCUT2D eigenvalue weighted by molar-refractivity contribution is 5.77. The van der Waals surface area contributed by atoms with Gasteiger partial charge < -0.3 is 20.3 Å². The van der Waals surface area contributed by atoms with Crippen molar-refractivity contribution in [2.75, 3.05) is 6.61 Å². The highest BCUT2D eigenvalue weighted by atomic mass is 16.5. The first-order chi connectivity index (χ1) is 32.0. The Bertz CT molecular complexity index is 1200. The number of esters is 1. The first kappa shape index (κ1) is 62.3. The van der Waals surface area contributed by atoms with Crippen LogP contribution in [0.25, 0.3) is 0 Å². The van der Waals surface area contributed by atoms with Gasteiger partial charge in [-0.15, -0.1) is 0 Å². The lowest BCUT2D eigenvalue weighted by atomic mass is 10.0. The van der Waals surface area contributed by atoms with Crippen molar-refractivity contribution in [3.8, 4) is 0 Å². The minimum absolute atomic E-state index is 0.0447. The largest absolute Gasteiger partial charge is 0.462 e. The van der Waals surface area contributed by atoms with Gasteiger partial charge in [0.05, 0.1) is 25.2 Å². The predicted octanol–water partition coefficient (Wildman–Crippen LogP) is 17.0. The number of hydrogen-bond donors (Lipinski definition) is 3. The molecule has 0 aromatic heterocycles. The number of nitrogens with one attached hydrogen (secondary N) is 1. The molecule has 0 aromatic carbocycles. The Labute approximate surface area is 402 Å². The summed E-state index contributed by atoms with van der Waals surface area (Å²) in [6.45, 7) is 6.33. The zero-order valence-electron chi connectivity index (χ0n) is 42.9. The lowest BCUT2D eigenvalue weighted by Crippen LogP contribution is -2.46. The molecule has 0 aliphatic heterocycles. The molecule has 3 N–H and O–H groups in total. The van der Waals surface area contributed by atoms with Crippen LogP contribution in [-0.4, -0.2) is 46.9 Å². The van der Waals surface area contributed by atoms with Gasteiger partial charge in [0.2, 0.25) is 5.91 Å². The third-order valence-electron chi connectivity index (χ3n) is 12.3. The average Bonchev–Trinajstić information content (AvgIpc) is 3.30. The molecule has 0 saturated heterocycles. The first-order valence-corrected chi connectivity index (χ1v) is 27.7. The molecule has 6 heteroatoms. The van der Waals surface area contributed by atoms with Crippen LogP contribution in [0.4, 0.5) is 0 Å². The predicted molar refractivity (Wildman–Crippen MR) is 282 cm³/mol. The minimum Gasteiger partial charge on any atom is -0.462 e. The molecule has 6 nitrogen and oxygen atoms in total. The van der Waals surface area contributed by atoms with Crippen LogP contribution in [0.2, 0.25) is 0 Å². The van der Waals surface area contributed by atoms with Crippen LogP contribution in [0, 0.1) is 0 Å². The topological polar surface area (TPSA) is 95.9 Å². The molecule has 0 rings (SSSR count). The van der Waals surface area contributed by atoms with E-state index in [1.54, 1.807) is 0 Å². The molecular weight excluding hydrogens is 803 g/mol. The Kier molecular flexibility index (Phi) is 50.1. The van der Waals surface area contributed by atoms with Gasteiger partial charge in [0.25, 0.3) is 0 Å². The van der Waals surface area contributed by atoms with Crippen molar-refractivity contribution in [3.05, 3.63) is 72.9 Å². The standard InChI is InChI=1S/C59H105NO5/c1-4-7-10-13-16-19-22-25-28-31-33-36-39-42-45-48-51-57(62)56(54-61)60-58(63)53-55(50-47-44-41-38-35-32-29-26-23-20-17-14-11-8-5-2)65-59(64)52-49-46-43-40-37-34-30-27-24-21-18-15-12-9-6-3/h9,12,15,17-18,20-21,24,26,29,35,38,55-57,61-62H,4-8,10-11,13-14,16,19,22-23,25,27-28,30-34,36-37,39-54H2,1-3H3,(H,60,63)/b12-9+,18-15+,20-17-,24-21+,29-26-,38-35-. The highest BCUT2D eigenvalue weighted by Crippen LogP contribution is 2.18. The molecule has 0 aliphatic rings. The van der Waals surface area contributed by atoms with Crippen molar-refractivity contribution in [3.63, 3.8) is 0 Å². The quantitative estimate of drug-likeness (QED) is 0.0245. The zero-order chi connectivity index (χ0) is 47.4. The smallest absolute Gasteiger partial charge is 0.306 e. The average molecular weight is 908 g/mol. The van der Waals surface area contributed by atoms with Crippen LogP contribution < -0.4 is 5.32 Å². The summed E-state index contributed by atoms with van der Waals surface area (Å²) < 4.78 is 5.93. The Morgan fingerprint density at radius 3 is 1.43 bits per heavy atom. The van der Waals surface area contributed by atoms with E-state index >= 15 is 0 Å². The maximum atomic E-state index is 13.2. The summed E-state index contributed by atoms with van der Waals surface area (Å²) in [7, 11) is 0.